The van der Waals surface area contributed by atoms with E-state index in [2.05, 4.69) is 27.8 Å². The second kappa shape index (κ2) is 4.68. The van der Waals surface area contributed by atoms with Gasteiger partial charge in [-0.1, -0.05) is 11.8 Å². The molecular weight excluding hydrogens is 232 g/mol. The molecule has 0 aliphatic rings. The molecule has 1 aromatic rings. The number of benzene rings is 1. The lowest BCUT2D eigenvalue weighted by Crippen LogP contribution is -1.75. The Morgan fingerprint density at radius 3 is 2.92 bits per heavy atom. The van der Waals surface area contributed by atoms with Crippen molar-refractivity contribution in [3.05, 3.63) is 28.2 Å². The standard InChI is InChI=1S/C10H7BrO2/c11-9-7-8(3-1-2-6-12)4-5-10(9)13/h4-7,13H,2H2. The maximum Gasteiger partial charge on any atom is 0.131 e. The number of phenolic OH excluding ortho intramolecular Hbond substituents is 1. The zero-order valence-corrected chi connectivity index (χ0v) is 8.34. The Hall–Kier alpha value is -1.27. The molecule has 0 fully saturated rings. The van der Waals surface area contributed by atoms with Gasteiger partial charge in [0.1, 0.15) is 12.0 Å². The summed E-state index contributed by atoms with van der Waals surface area (Å²) in [7, 11) is 0. The van der Waals surface area contributed by atoms with Crippen molar-refractivity contribution in [2.24, 2.45) is 0 Å². The van der Waals surface area contributed by atoms with Gasteiger partial charge in [0.25, 0.3) is 0 Å². The van der Waals surface area contributed by atoms with Crippen LogP contribution in [0.25, 0.3) is 0 Å². The zero-order chi connectivity index (χ0) is 9.68. The van der Waals surface area contributed by atoms with Crippen molar-refractivity contribution in [3.8, 4) is 17.6 Å². The van der Waals surface area contributed by atoms with Crippen LogP contribution in [0.1, 0.15) is 12.0 Å². The molecule has 3 heteroatoms. The number of carbonyl (C=O) groups is 1. The van der Waals surface area contributed by atoms with Crippen LogP contribution in [-0.4, -0.2) is 11.4 Å². The third-order valence-corrected chi connectivity index (χ3v) is 2.00. The van der Waals surface area contributed by atoms with Gasteiger partial charge in [0.15, 0.2) is 0 Å². The van der Waals surface area contributed by atoms with E-state index in [1.165, 1.54) is 0 Å². The molecule has 13 heavy (non-hydrogen) atoms. The first-order valence-electron chi connectivity index (χ1n) is 3.65. The molecule has 0 bridgehead atoms. The molecule has 0 saturated carbocycles. The predicted octanol–water partition coefficient (Wildman–Crippen LogP) is 2.10. The molecule has 0 atom stereocenters. The lowest BCUT2D eigenvalue weighted by atomic mass is 10.2. The number of aromatic hydroxyl groups is 1. The van der Waals surface area contributed by atoms with Gasteiger partial charge in [-0.25, -0.2) is 0 Å². The molecule has 1 aromatic carbocycles. The summed E-state index contributed by atoms with van der Waals surface area (Å²) in [6.07, 6.45) is 0.987. The summed E-state index contributed by atoms with van der Waals surface area (Å²) in [6, 6.07) is 4.94. The van der Waals surface area contributed by atoms with Crippen molar-refractivity contribution < 1.29 is 9.90 Å². The van der Waals surface area contributed by atoms with Gasteiger partial charge >= 0.3 is 0 Å². The summed E-state index contributed by atoms with van der Waals surface area (Å²) in [4.78, 5) is 9.96. The quantitative estimate of drug-likeness (QED) is 0.601. The van der Waals surface area contributed by atoms with Crippen molar-refractivity contribution >= 4 is 22.2 Å². The Balaban J connectivity index is 2.87. The molecule has 1 rings (SSSR count). The van der Waals surface area contributed by atoms with E-state index in [0.717, 1.165) is 11.8 Å². The minimum absolute atomic E-state index is 0.181. The maximum atomic E-state index is 9.96. The van der Waals surface area contributed by atoms with Crippen LogP contribution in [0.2, 0.25) is 0 Å². The van der Waals surface area contributed by atoms with E-state index in [9.17, 15) is 4.79 Å². The van der Waals surface area contributed by atoms with Crippen molar-refractivity contribution in [3.63, 3.8) is 0 Å². The van der Waals surface area contributed by atoms with Gasteiger partial charge in [-0.15, -0.1) is 0 Å². The summed E-state index contributed by atoms with van der Waals surface area (Å²) in [6.45, 7) is 0. The lowest BCUT2D eigenvalue weighted by molar-refractivity contribution is -0.107. The van der Waals surface area contributed by atoms with E-state index < -0.39 is 0 Å². The lowest BCUT2D eigenvalue weighted by Gasteiger charge is -1.95. The molecule has 0 heterocycles. The Morgan fingerprint density at radius 2 is 2.31 bits per heavy atom. The van der Waals surface area contributed by atoms with Crippen LogP contribution in [0.4, 0.5) is 0 Å². The van der Waals surface area contributed by atoms with Crippen molar-refractivity contribution in [1.82, 2.24) is 0 Å². The molecule has 2 nitrogen and oxygen atoms in total. The van der Waals surface area contributed by atoms with E-state index in [1.54, 1.807) is 18.2 Å². The van der Waals surface area contributed by atoms with Crippen LogP contribution in [0.15, 0.2) is 22.7 Å². The van der Waals surface area contributed by atoms with Crippen LogP contribution >= 0.6 is 15.9 Å². The maximum absolute atomic E-state index is 9.96. The van der Waals surface area contributed by atoms with E-state index in [-0.39, 0.29) is 12.2 Å². The highest BCUT2D eigenvalue weighted by Gasteiger charge is 1.96. The van der Waals surface area contributed by atoms with Gasteiger partial charge in [0.05, 0.1) is 10.9 Å². The molecule has 0 unspecified atom stereocenters. The first kappa shape index (κ1) is 9.82. The molecule has 0 saturated heterocycles. The second-order valence-electron chi connectivity index (χ2n) is 2.34. The van der Waals surface area contributed by atoms with Gasteiger partial charge < -0.3 is 9.90 Å². The smallest absolute Gasteiger partial charge is 0.131 e. The number of rotatable bonds is 1. The van der Waals surface area contributed by atoms with Crippen LogP contribution < -0.4 is 0 Å². The van der Waals surface area contributed by atoms with E-state index in [0.29, 0.717) is 4.47 Å². The fourth-order valence-electron chi connectivity index (χ4n) is 0.779. The number of aldehydes is 1. The zero-order valence-electron chi connectivity index (χ0n) is 6.75. The average Bonchev–Trinajstić information content (AvgIpc) is 2.12. The molecule has 0 aromatic heterocycles. The summed E-state index contributed by atoms with van der Waals surface area (Å²) >= 11 is 3.17. The molecular formula is C10H7BrO2. The number of hydrogen-bond acceptors (Lipinski definition) is 2. The normalized spacial score (nSPS) is 8.69. The minimum atomic E-state index is 0.181. The summed E-state index contributed by atoms with van der Waals surface area (Å²) in [5, 5.41) is 9.16. The molecule has 0 aliphatic carbocycles. The Morgan fingerprint density at radius 1 is 1.54 bits per heavy atom. The van der Waals surface area contributed by atoms with Crippen LogP contribution in [0.3, 0.4) is 0 Å². The Labute approximate surface area is 84.7 Å². The topological polar surface area (TPSA) is 37.3 Å². The SMILES string of the molecule is O=CCC#Cc1ccc(O)c(Br)c1. The van der Waals surface area contributed by atoms with E-state index >= 15 is 0 Å². The highest BCUT2D eigenvalue weighted by molar-refractivity contribution is 9.10. The van der Waals surface area contributed by atoms with Gasteiger partial charge in [-0.2, -0.15) is 0 Å². The fraction of sp³-hybridized carbons (Fsp3) is 0.100. The Bertz CT molecular complexity index is 374. The Kier molecular flexibility index (Phi) is 3.53. The van der Waals surface area contributed by atoms with Gasteiger partial charge in [0.2, 0.25) is 0 Å². The first-order valence-corrected chi connectivity index (χ1v) is 4.44. The summed E-state index contributed by atoms with van der Waals surface area (Å²) in [5.41, 5.74) is 0.770. The second-order valence-corrected chi connectivity index (χ2v) is 3.19. The molecule has 0 amide bonds. The molecule has 66 valence electrons. The van der Waals surface area contributed by atoms with Crippen molar-refractivity contribution in [2.75, 3.05) is 0 Å². The van der Waals surface area contributed by atoms with Gasteiger partial charge in [0, 0.05) is 5.56 Å². The van der Waals surface area contributed by atoms with Crippen molar-refractivity contribution in [1.29, 1.82) is 0 Å². The largest absolute Gasteiger partial charge is 0.507 e. The number of hydrogen-bond donors (Lipinski definition) is 1. The first-order chi connectivity index (χ1) is 6.24. The van der Waals surface area contributed by atoms with E-state index in [1.807, 2.05) is 0 Å². The van der Waals surface area contributed by atoms with Gasteiger partial charge in [-0.3, -0.25) is 0 Å². The minimum Gasteiger partial charge on any atom is -0.507 e. The fourth-order valence-corrected chi connectivity index (χ4v) is 1.16. The highest BCUT2D eigenvalue weighted by Crippen LogP contribution is 2.23. The monoisotopic (exact) mass is 238 g/mol. The van der Waals surface area contributed by atoms with Crippen LogP contribution in [0.5, 0.6) is 5.75 Å². The summed E-state index contributed by atoms with van der Waals surface area (Å²) in [5.74, 6) is 5.65. The highest BCUT2D eigenvalue weighted by atomic mass is 79.9. The predicted molar refractivity (Wildman–Crippen MR) is 53.4 cm³/mol. The van der Waals surface area contributed by atoms with Gasteiger partial charge in [-0.05, 0) is 34.1 Å². The molecule has 0 spiro atoms. The number of halogens is 1. The molecule has 0 aliphatic heterocycles. The van der Waals surface area contributed by atoms with E-state index in [4.69, 9.17) is 5.11 Å². The average molecular weight is 239 g/mol. The number of phenols is 1. The van der Waals surface area contributed by atoms with Crippen LogP contribution in [-0.2, 0) is 4.79 Å². The molecule has 0 radical (unpaired) electrons. The number of carbonyl (C=O) groups excluding carboxylic acids is 1. The third-order valence-electron chi connectivity index (χ3n) is 1.37. The van der Waals surface area contributed by atoms with Crippen LogP contribution in [0, 0.1) is 11.8 Å². The molecule has 1 N–H and O–H groups in total. The van der Waals surface area contributed by atoms with Crippen molar-refractivity contribution in [2.45, 2.75) is 6.42 Å². The summed E-state index contributed by atoms with van der Waals surface area (Å²) < 4.78 is 0.602. The third kappa shape index (κ3) is 2.92.